The quantitative estimate of drug-likeness (QED) is 0.534. The van der Waals surface area contributed by atoms with Gasteiger partial charge in [0.1, 0.15) is 0 Å². The van der Waals surface area contributed by atoms with E-state index in [0.29, 0.717) is 17.8 Å². The number of carbonyl (C=O) groups is 1. The van der Waals surface area contributed by atoms with E-state index in [0.717, 1.165) is 30.2 Å². The van der Waals surface area contributed by atoms with Gasteiger partial charge in [-0.3, -0.25) is 4.79 Å². The third-order valence-corrected chi connectivity index (χ3v) is 3.30. The number of carbonyl (C=O) groups excluding carboxylic acids is 1. The predicted molar refractivity (Wildman–Crippen MR) is 76.4 cm³/mol. The number of anilines is 1. The highest BCUT2D eigenvalue weighted by molar-refractivity contribution is 9.10. The van der Waals surface area contributed by atoms with Crippen molar-refractivity contribution < 1.29 is 9.90 Å². The van der Waals surface area contributed by atoms with Crippen molar-refractivity contribution in [1.29, 1.82) is 0 Å². The summed E-state index contributed by atoms with van der Waals surface area (Å²) in [5.74, 6) is -0.115. The Morgan fingerprint density at radius 3 is 2.72 bits per heavy atom. The van der Waals surface area contributed by atoms with Gasteiger partial charge in [0.05, 0.1) is 5.56 Å². The van der Waals surface area contributed by atoms with E-state index in [-0.39, 0.29) is 12.5 Å². The highest BCUT2D eigenvalue weighted by atomic mass is 79.9. The van der Waals surface area contributed by atoms with E-state index in [2.05, 4.69) is 21.2 Å². The number of amides is 1. The number of rotatable bonds is 7. The summed E-state index contributed by atoms with van der Waals surface area (Å²) in [7, 11) is 0. The summed E-state index contributed by atoms with van der Waals surface area (Å²) < 4.78 is 0.745. The summed E-state index contributed by atoms with van der Waals surface area (Å²) >= 11 is 3.33. The van der Waals surface area contributed by atoms with Crippen molar-refractivity contribution in [3.63, 3.8) is 0 Å². The van der Waals surface area contributed by atoms with Gasteiger partial charge in [-0.1, -0.05) is 12.8 Å². The molecule has 0 heterocycles. The van der Waals surface area contributed by atoms with Gasteiger partial charge in [-0.2, -0.15) is 0 Å². The second kappa shape index (κ2) is 8.11. The van der Waals surface area contributed by atoms with Crippen molar-refractivity contribution in [2.24, 2.45) is 0 Å². The summed E-state index contributed by atoms with van der Waals surface area (Å²) in [6.45, 7) is 0.883. The molecule has 1 aromatic rings. The van der Waals surface area contributed by atoms with Gasteiger partial charge < -0.3 is 16.2 Å². The van der Waals surface area contributed by atoms with Crippen LogP contribution in [-0.4, -0.2) is 24.2 Å². The second-order valence-electron chi connectivity index (χ2n) is 4.13. The molecule has 1 amide bonds. The predicted octanol–water partition coefficient (Wildman–Crippen LogP) is 2.31. The van der Waals surface area contributed by atoms with E-state index in [9.17, 15) is 4.79 Å². The van der Waals surface area contributed by atoms with Gasteiger partial charge in [0.15, 0.2) is 0 Å². The molecule has 0 saturated heterocycles. The summed E-state index contributed by atoms with van der Waals surface area (Å²) in [6.07, 6.45) is 3.76. The van der Waals surface area contributed by atoms with Crippen molar-refractivity contribution >= 4 is 27.5 Å². The van der Waals surface area contributed by atoms with Crippen LogP contribution in [0.4, 0.5) is 5.69 Å². The van der Waals surface area contributed by atoms with Crippen LogP contribution < -0.4 is 11.1 Å². The van der Waals surface area contributed by atoms with E-state index >= 15 is 0 Å². The van der Waals surface area contributed by atoms with Crippen LogP contribution in [0.2, 0.25) is 0 Å². The number of aliphatic hydroxyl groups is 1. The molecule has 100 valence electrons. The van der Waals surface area contributed by atoms with E-state index in [4.69, 9.17) is 10.8 Å². The lowest BCUT2D eigenvalue weighted by molar-refractivity contribution is 0.0952. The van der Waals surface area contributed by atoms with Crippen LogP contribution in [0.5, 0.6) is 0 Å². The maximum Gasteiger partial charge on any atom is 0.252 e. The van der Waals surface area contributed by atoms with Crippen LogP contribution in [0.3, 0.4) is 0 Å². The van der Waals surface area contributed by atoms with Gasteiger partial charge in [0, 0.05) is 23.3 Å². The molecule has 0 saturated carbocycles. The Bertz CT molecular complexity index is 397. The molecule has 0 radical (unpaired) electrons. The molecule has 0 aliphatic rings. The zero-order valence-corrected chi connectivity index (χ0v) is 11.9. The number of halogens is 1. The van der Waals surface area contributed by atoms with E-state index < -0.39 is 0 Å². The molecule has 0 fully saturated rings. The molecule has 0 spiro atoms. The standard InChI is InChI=1S/C13H19BrN2O2/c14-12-6-5-10(15)9-11(12)13(18)16-7-3-1-2-4-8-17/h5-6,9,17H,1-4,7-8,15H2,(H,16,18). The highest BCUT2D eigenvalue weighted by Gasteiger charge is 2.09. The molecule has 0 unspecified atom stereocenters. The van der Waals surface area contributed by atoms with Crippen molar-refractivity contribution in [3.05, 3.63) is 28.2 Å². The number of hydrogen-bond donors (Lipinski definition) is 3. The minimum Gasteiger partial charge on any atom is -0.399 e. The fourth-order valence-corrected chi connectivity index (χ4v) is 2.03. The minimum absolute atomic E-state index is 0.115. The normalized spacial score (nSPS) is 10.3. The maximum absolute atomic E-state index is 11.9. The fraction of sp³-hybridized carbons (Fsp3) is 0.462. The van der Waals surface area contributed by atoms with E-state index in [1.807, 2.05) is 0 Å². The smallest absolute Gasteiger partial charge is 0.252 e. The van der Waals surface area contributed by atoms with Crippen molar-refractivity contribution in [2.75, 3.05) is 18.9 Å². The zero-order chi connectivity index (χ0) is 13.4. The largest absolute Gasteiger partial charge is 0.399 e. The SMILES string of the molecule is Nc1ccc(Br)c(C(=O)NCCCCCCO)c1. The number of benzene rings is 1. The molecular formula is C13H19BrN2O2. The minimum atomic E-state index is -0.115. The molecule has 0 atom stereocenters. The summed E-state index contributed by atoms with van der Waals surface area (Å²) in [4.78, 5) is 11.9. The summed E-state index contributed by atoms with van der Waals surface area (Å²) in [5.41, 5.74) is 6.79. The van der Waals surface area contributed by atoms with Crippen LogP contribution in [0, 0.1) is 0 Å². The molecule has 5 heteroatoms. The molecule has 1 rings (SSSR count). The van der Waals surface area contributed by atoms with E-state index in [1.165, 1.54) is 0 Å². The lowest BCUT2D eigenvalue weighted by Gasteiger charge is -2.07. The average Bonchev–Trinajstić information content (AvgIpc) is 2.36. The second-order valence-corrected chi connectivity index (χ2v) is 4.99. The van der Waals surface area contributed by atoms with Crippen molar-refractivity contribution in [1.82, 2.24) is 5.32 Å². The van der Waals surface area contributed by atoms with Gasteiger partial charge in [0.25, 0.3) is 5.91 Å². The molecule has 4 nitrogen and oxygen atoms in total. The third kappa shape index (κ3) is 5.06. The van der Waals surface area contributed by atoms with Crippen LogP contribution in [0.15, 0.2) is 22.7 Å². The fourth-order valence-electron chi connectivity index (χ4n) is 1.60. The monoisotopic (exact) mass is 314 g/mol. The number of aliphatic hydroxyl groups excluding tert-OH is 1. The maximum atomic E-state index is 11.9. The molecule has 0 aliphatic carbocycles. The van der Waals surface area contributed by atoms with Gasteiger partial charge in [0.2, 0.25) is 0 Å². The lowest BCUT2D eigenvalue weighted by atomic mass is 10.1. The number of unbranched alkanes of at least 4 members (excludes halogenated alkanes) is 3. The number of nitrogen functional groups attached to an aromatic ring is 1. The molecule has 4 N–H and O–H groups in total. The van der Waals surface area contributed by atoms with Crippen LogP contribution >= 0.6 is 15.9 Å². The zero-order valence-electron chi connectivity index (χ0n) is 10.3. The first-order chi connectivity index (χ1) is 8.65. The first-order valence-electron chi connectivity index (χ1n) is 6.09. The van der Waals surface area contributed by atoms with E-state index in [1.54, 1.807) is 18.2 Å². The van der Waals surface area contributed by atoms with Gasteiger partial charge >= 0.3 is 0 Å². The Morgan fingerprint density at radius 1 is 1.28 bits per heavy atom. The Hall–Kier alpha value is -1.07. The highest BCUT2D eigenvalue weighted by Crippen LogP contribution is 2.19. The first kappa shape index (κ1) is 15.0. The lowest BCUT2D eigenvalue weighted by Crippen LogP contribution is -2.24. The molecular weight excluding hydrogens is 296 g/mol. The topological polar surface area (TPSA) is 75.4 Å². The molecule has 0 aliphatic heterocycles. The Morgan fingerprint density at radius 2 is 2.00 bits per heavy atom. The van der Waals surface area contributed by atoms with Crippen LogP contribution in [0.25, 0.3) is 0 Å². The Labute approximate surface area is 116 Å². The Kier molecular flexibility index (Phi) is 6.75. The number of nitrogens with two attached hydrogens (primary N) is 1. The number of nitrogens with one attached hydrogen (secondary N) is 1. The number of hydrogen-bond acceptors (Lipinski definition) is 3. The van der Waals surface area contributed by atoms with Crippen molar-refractivity contribution in [2.45, 2.75) is 25.7 Å². The molecule has 1 aromatic carbocycles. The first-order valence-corrected chi connectivity index (χ1v) is 6.88. The molecule has 0 aromatic heterocycles. The Balaban J connectivity index is 2.34. The van der Waals surface area contributed by atoms with Gasteiger partial charge in [-0.05, 0) is 47.0 Å². The van der Waals surface area contributed by atoms with Gasteiger partial charge in [-0.15, -0.1) is 0 Å². The molecule has 0 bridgehead atoms. The van der Waals surface area contributed by atoms with Gasteiger partial charge in [-0.25, -0.2) is 0 Å². The van der Waals surface area contributed by atoms with Crippen LogP contribution in [-0.2, 0) is 0 Å². The molecule has 18 heavy (non-hydrogen) atoms. The van der Waals surface area contributed by atoms with Crippen LogP contribution in [0.1, 0.15) is 36.0 Å². The average molecular weight is 315 g/mol. The third-order valence-electron chi connectivity index (χ3n) is 2.61. The summed E-state index contributed by atoms with van der Waals surface area (Å²) in [6, 6.07) is 5.17. The summed E-state index contributed by atoms with van der Waals surface area (Å²) in [5, 5.41) is 11.5. The van der Waals surface area contributed by atoms with Crippen molar-refractivity contribution in [3.8, 4) is 0 Å².